The number of hydrogen-bond donors (Lipinski definition) is 1. The fourth-order valence-corrected chi connectivity index (χ4v) is 3.85. The van der Waals surface area contributed by atoms with Crippen LogP contribution in [-0.4, -0.2) is 21.4 Å². The molecule has 1 aromatic rings. The summed E-state index contributed by atoms with van der Waals surface area (Å²) in [5.41, 5.74) is 1.08. The van der Waals surface area contributed by atoms with Crippen LogP contribution < -0.4 is 0 Å². The number of thioether (sulfide) groups is 1. The van der Waals surface area contributed by atoms with E-state index in [1.165, 1.54) is 0 Å². The molecule has 1 N–H and O–H groups in total. The third kappa shape index (κ3) is 2.24. The Hall–Kier alpha value is -0.0600. The van der Waals surface area contributed by atoms with Crippen molar-refractivity contribution in [2.75, 3.05) is 0 Å². The third-order valence-electron chi connectivity index (χ3n) is 2.27. The van der Waals surface area contributed by atoms with Crippen molar-refractivity contribution < 1.29 is 5.11 Å². The van der Waals surface area contributed by atoms with Crippen LogP contribution >= 0.6 is 23.1 Å². The fourth-order valence-electron chi connectivity index (χ4n) is 1.56. The molecular formula is C9H13NOS2. The van der Waals surface area contributed by atoms with Crippen molar-refractivity contribution in [1.29, 1.82) is 0 Å². The van der Waals surface area contributed by atoms with E-state index >= 15 is 0 Å². The minimum absolute atomic E-state index is 0.116. The minimum Gasteiger partial charge on any atom is -0.392 e. The van der Waals surface area contributed by atoms with Crippen LogP contribution in [-0.2, 0) is 0 Å². The molecule has 0 unspecified atom stereocenters. The van der Waals surface area contributed by atoms with Crippen LogP contribution in [0.4, 0.5) is 0 Å². The summed E-state index contributed by atoms with van der Waals surface area (Å²) in [6.45, 7) is 2.01. The van der Waals surface area contributed by atoms with E-state index in [0.29, 0.717) is 5.25 Å². The molecule has 0 aliphatic heterocycles. The maximum absolute atomic E-state index is 9.61. The maximum Gasteiger partial charge on any atom is 0.150 e. The van der Waals surface area contributed by atoms with Crippen LogP contribution in [0.15, 0.2) is 9.72 Å². The first kappa shape index (κ1) is 9.49. The summed E-state index contributed by atoms with van der Waals surface area (Å²) in [7, 11) is 0. The van der Waals surface area contributed by atoms with Gasteiger partial charge < -0.3 is 5.11 Å². The predicted molar refractivity (Wildman–Crippen MR) is 56.4 cm³/mol. The van der Waals surface area contributed by atoms with Crippen LogP contribution in [0.1, 0.15) is 25.0 Å². The van der Waals surface area contributed by atoms with E-state index in [1.807, 2.05) is 6.92 Å². The Kier molecular flexibility index (Phi) is 2.91. The molecule has 1 fully saturated rings. The summed E-state index contributed by atoms with van der Waals surface area (Å²) in [6, 6.07) is 0. The number of aryl methyl sites for hydroxylation is 1. The lowest BCUT2D eigenvalue weighted by atomic mass is 10.3. The van der Waals surface area contributed by atoms with Crippen LogP contribution in [0.5, 0.6) is 0 Å². The SMILES string of the molecule is Cc1csc(S[C@H]2CCC[C@@H]2O)n1. The van der Waals surface area contributed by atoms with Gasteiger partial charge in [-0.1, -0.05) is 11.8 Å². The number of thiazole rings is 1. The van der Waals surface area contributed by atoms with Crippen LogP contribution in [0, 0.1) is 6.92 Å². The number of aliphatic hydroxyl groups is 1. The number of rotatable bonds is 2. The van der Waals surface area contributed by atoms with Gasteiger partial charge in [-0.15, -0.1) is 11.3 Å². The Balaban J connectivity index is 1.97. The Labute approximate surface area is 86.4 Å². The zero-order chi connectivity index (χ0) is 9.26. The van der Waals surface area contributed by atoms with E-state index in [0.717, 1.165) is 29.3 Å². The molecule has 0 spiro atoms. The standard InChI is InChI=1S/C9H13NOS2/c1-6-5-12-9(10-6)13-8-4-2-3-7(8)11/h5,7-8,11H,2-4H2,1H3/t7-,8-/m0/s1. The van der Waals surface area contributed by atoms with E-state index in [1.54, 1.807) is 23.1 Å². The second-order valence-corrected chi connectivity index (χ2v) is 5.75. The highest BCUT2D eigenvalue weighted by atomic mass is 32.2. The van der Waals surface area contributed by atoms with E-state index in [4.69, 9.17) is 0 Å². The lowest BCUT2D eigenvalue weighted by Gasteiger charge is -2.10. The van der Waals surface area contributed by atoms with Crippen molar-refractivity contribution in [3.05, 3.63) is 11.1 Å². The number of hydrogen-bond acceptors (Lipinski definition) is 4. The van der Waals surface area contributed by atoms with Crippen LogP contribution in [0.25, 0.3) is 0 Å². The summed E-state index contributed by atoms with van der Waals surface area (Å²) >= 11 is 3.42. The van der Waals surface area contributed by atoms with Crippen molar-refractivity contribution in [3.8, 4) is 0 Å². The first-order valence-corrected chi connectivity index (χ1v) is 6.28. The van der Waals surface area contributed by atoms with Gasteiger partial charge in [0.25, 0.3) is 0 Å². The third-order valence-corrected chi connectivity index (χ3v) is 4.74. The summed E-state index contributed by atoms with van der Waals surface area (Å²) < 4.78 is 1.10. The van der Waals surface area contributed by atoms with Crippen molar-refractivity contribution in [2.24, 2.45) is 0 Å². The zero-order valence-electron chi connectivity index (χ0n) is 7.56. The molecule has 2 nitrogen and oxygen atoms in total. The summed E-state index contributed by atoms with van der Waals surface area (Å²) in [6.07, 6.45) is 3.13. The molecule has 0 saturated heterocycles. The molecule has 13 heavy (non-hydrogen) atoms. The molecule has 2 atom stereocenters. The first-order chi connectivity index (χ1) is 6.25. The Morgan fingerprint density at radius 1 is 1.62 bits per heavy atom. The molecule has 0 bridgehead atoms. The molecule has 72 valence electrons. The Morgan fingerprint density at radius 2 is 2.46 bits per heavy atom. The average Bonchev–Trinajstić information content (AvgIpc) is 2.64. The molecule has 4 heteroatoms. The Bertz CT molecular complexity index is 287. The largest absolute Gasteiger partial charge is 0.392 e. The summed E-state index contributed by atoms with van der Waals surface area (Å²) in [5, 5.41) is 12.1. The lowest BCUT2D eigenvalue weighted by Crippen LogP contribution is -2.14. The first-order valence-electron chi connectivity index (χ1n) is 4.52. The molecule has 1 heterocycles. The van der Waals surface area contributed by atoms with E-state index in [9.17, 15) is 5.11 Å². The minimum atomic E-state index is -0.116. The highest BCUT2D eigenvalue weighted by Gasteiger charge is 2.26. The second kappa shape index (κ2) is 3.98. The van der Waals surface area contributed by atoms with Gasteiger partial charge in [0, 0.05) is 16.3 Å². The van der Waals surface area contributed by atoms with E-state index in [-0.39, 0.29) is 6.10 Å². The molecule has 1 aliphatic carbocycles. The normalized spacial score (nSPS) is 28.2. The fraction of sp³-hybridized carbons (Fsp3) is 0.667. The zero-order valence-corrected chi connectivity index (χ0v) is 9.20. The molecule has 2 rings (SSSR count). The van der Waals surface area contributed by atoms with Crippen molar-refractivity contribution >= 4 is 23.1 Å². The average molecular weight is 215 g/mol. The number of aromatic nitrogens is 1. The van der Waals surface area contributed by atoms with Gasteiger partial charge >= 0.3 is 0 Å². The van der Waals surface area contributed by atoms with Gasteiger partial charge in [-0.3, -0.25) is 0 Å². The highest BCUT2D eigenvalue weighted by molar-refractivity contribution is 8.01. The van der Waals surface area contributed by atoms with Gasteiger partial charge in [-0.25, -0.2) is 4.98 Å². The second-order valence-electron chi connectivity index (χ2n) is 3.41. The molecule has 0 aromatic carbocycles. The van der Waals surface area contributed by atoms with Crippen molar-refractivity contribution in [3.63, 3.8) is 0 Å². The van der Waals surface area contributed by atoms with Gasteiger partial charge in [-0.05, 0) is 26.2 Å². The molecule has 1 aromatic heterocycles. The van der Waals surface area contributed by atoms with Crippen molar-refractivity contribution in [2.45, 2.75) is 41.9 Å². The highest BCUT2D eigenvalue weighted by Crippen LogP contribution is 2.36. The molecule has 1 aliphatic rings. The smallest absolute Gasteiger partial charge is 0.150 e. The van der Waals surface area contributed by atoms with Crippen LogP contribution in [0.3, 0.4) is 0 Å². The predicted octanol–water partition coefficient (Wildman–Crippen LogP) is 2.46. The van der Waals surface area contributed by atoms with Gasteiger partial charge in [0.1, 0.15) is 4.34 Å². The van der Waals surface area contributed by atoms with Gasteiger partial charge in [0.2, 0.25) is 0 Å². The lowest BCUT2D eigenvalue weighted by molar-refractivity contribution is 0.188. The van der Waals surface area contributed by atoms with Crippen molar-refractivity contribution in [1.82, 2.24) is 4.98 Å². The Morgan fingerprint density at radius 3 is 3.00 bits per heavy atom. The summed E-state index contributed by atoms with van der Waals surface area (Å²) in [4.78, 5) is 4.38. The van der Waals surface area contributed by atoms with E-state index in [2.05, 4.69) is 10.4 Å². The molecule has 1 saturated carbocycles. The van der Waals surface area contributed by atoms with E-state index < -0.39 is 0 Å². The molecule has 0 amide bonds. The monoisotopic (exact) mass is 215 g/mol. The van der Waals surface area contributed by atoms with Gasteiger partial charge in [0.15, 0.2) is 0 Å². The molecular weight excluding hydrogens is 202 g/mol. The number of nitrogens with zero attached hydrogens (tertiary/aromatic N) is 1. The maximum atomic E-state index is 9.61. The van der Waals surface area contributed by atoms with Gasteiger partial charge in [0.05, 0.1) is 6.10 Å². The number of aliphatic hydroxyl groups excluding tert-OH is 1. The van der Waals surface area contributed by atoms with Gasteiger partial charge in [-0.2, -0.15) is 0 Å². The summed E-state index contributed by atoms with van der Waals surface area (Å²) in [5.74, 6) is 0. The quantitative estimate of drug-likeness (QED) is 0.822. The van der Waals surface area contributed by atoms with Crippen LogP contribution in [0.2, 0.25) is 0 Å². The topological polar surface area (TPSA) is 33.1 Å². The molecule has 0 radical (unpaired) electrons.